The molecular weight excluding hydrogens is 444 g/mol. The van der Waals surface area contributed by atoms with Crippen molar-refractivity contribution in [3.8, 4) is 0 Å². The highest BCUT2D eigenvalue weighted by Gasteiger charge is 2.46. The van der Waals surface area contributed by atoms with Gasteiger partial charge in [-0.1, -0.05) is 55.5 Å². The molecule has 2 atom stereocenters. The van der Waals surface area contributed by atoms with Crippen molar-refractivity contribution >= 4 is 23.6 Å². The average Bonchev–Trinajstić information content (AvgIpc) is 3.20. The number of rotatable bonds is 9. The van der Waals surface area contributed by atoms with Gasteiger partial charge in [0.05, 0.1) is 6.54 Å². The van der Waals surface area contributed by atoms with Crippen molar-refractivity contribution in [3.05, 3.63) is 95.8 Å². The molecule has 2 aromatic carbocycles. The number of cyclic esters (lactones) is 1. The van der Waals surface area contributed by atoms with Crippen molar-refractivity contribution in [2.75, 3.05) is 5.32 Å². The fraction of sp³-hybridized carbons (Fsp3) is 0.259. The van der Waals surface area contributed by atoms with E-state index in [4.69, 9.17) is 4.74 Å². The second kappa shape index (κ2) is 11.3. The van der Waals surface area contributed by atoms with Gasteiger partial charge in [0, 0.05) is 31.0 Å². The van der Waals surface area contributed by atoms with Crippen molar-refractivity contribution in [3.63, 3.8) is 0 Å². The van der Waals surface area contributed by atoms with Crippen LogP contribution in [0.5, 0.6) is 0 Å². The van der Waals surface area contributed by atoms with Crippen molar-refractivity contribution in [2.45, 2.75) is 45.0 Å². The maximum absolute atomic E-state index is 13.4. The Morgan fingerprint density at radius 3 is 2.43 bits per heavy atom. The second-order valence-corrected chi connectivity index (χ2v) is 8.36. The van der Waals surface area contributed by atoms with Gasteiger partial charge >= 0.3 is 6.09 Å². The van der Waals surface area contributed by atoms with Crippen LogP contribution < -0.4 is 10.6 Å². The van der Waals surface area contributed by atoms with E-state index in [2.05, 4.69) is 15.6 Å². The van der Waals surface area contributed by atoms with Crippen LogP contribution >= 0.6 is 0 Å². The van der Waals surface area contributed by atoms with E-state index in [-0.39, 0.29) is 24.9 Å². The Kier molecular flexibility index (Phi) is 7.72. The first-order valence-corrected chi connectivity index (χ1v) is 11.6. The lowest BCUT2D eigenvalue weighted by Crippen LogP contribution is -2.46. The van der Waals surface area contributed by atoms with Crippen molar-refractivity contribution in [2.24, 2.45) is 0 Å². The SMILES string of the molecule is CCCC(=O)Nc1ccc(C2OC(=O)N(Cc3ccccc3)C2C(=O)NCc2cccnc2)cc1. The Bertz CT molecular complexity index is 1150. The number of aromatic nitrogens is 1. The van der Waals surface area contributed by atoms with Gasteiger partial charge in [-0.05, 0) is 41.3 Å². The predicted octanol–water partition coefficient (Wildman–Crippen LogP) is 4.20. The average molecular weight is 473 g/mol. The summed E-state index contributed by atoms with van der Waals surface area (Å²) in [6.07, 6.45) is 3.20. The molecule has 2 heterocycles. The highest BCUT2D eigenvalue weighted by Crippen LogP contribution is 2.34. The molecule has 0 spiro atoms. The number of benzene rings is 2. The van der Waals surface area contributed by atoms with E-state index in [1.807, 2.05) is 43.3 Å². The maximum Gasteiger partial charge on any atom is 0.411 e. The molecule has 2 N–H and O–H groups in total. The molecule has 0 saturated carbocycles. The first kappa shape index (κ1) is 23.9. The topological polar surface area (TPSA) is 101 Å². The molecule has 1 aliphatic heterocycles. The molecule has 0 aliphatic carbocycles. The highest BCUT2D eigenvalue weighted by molar-refractivity contribution is 5.91. The Labute approximate surface area is 204 Å². The van der Waals surface area contributed by atoms with E-state index in [1.54, 1.807) is 42.7 Å². The molecule has 35 heavy (non-hydrogen) atoms. The van der Waals surface area contributed by atoms with Crippen molar-refractivity contribution in [1.82, 2.24) is 15.2 Å². The molecule has 0 radical (unpaired) electrons. The molecule has 8 nitrogen and oxygen atoms in total. The van der Waals surface area contributed by atoms with E-state index < -0.39 is 18.2 Å². The Balaban J connectivity index is 1.56. The van der Waals surface area contributed by atoms with Crippen LogP contribution in [-0.2, 0) is 27.4 Å². The lowest BCUT2D eigenvalue weighted by Gasteiger charge is -2.24. The van der Waals surface area contributed by atoms with Gasteiger partial charge in [0.25, 0.3) is 0 Å². The summed E-state index contributed by atoms with van der Waals surface area (Å²) in [6.45, 7) is 2.47. The van der Waals surface area contributed by atoms with Gasteiger partial charge in [0.15, 0.2) is 12.1 Å². The zero-order valence-electron chi connectivity index (χ0n) is 19.5. The van der Waals surface area contributed by atoms with Crippen LogP contribution in [0, 0.1) is 0 Å². The summed E-state index contributed by atoms with van der Waals surface area (Å²) in [5.41, 5.74) is 3.06. The quantitative estimate of drug-likeness (QED) is 0.486. The fourth-order valence-electron chi connectivity index (χ4n) is 3.99. The molecule has 180 valence electrons. The largest absolute Gasteiger partial charge is 0.438 e. The number of nitrogens with zero attached hydrogens (tertiary/aromatic N) is 2. The number of carbonyl (C=O) groups is 3. The lowest BCUT2D eigenvalue weighted by molar-refractivity contribution is -0.126. The molecule has 8 heteroatoms. The summed E-state index contributed by atoms with van der Waals surface area (Å²) in [5, 5.41) is 5.76. The van der Waals surface area contributed by atoms with E-state index in [1.165, 1.54) is 4.90 Å². The van der Waals surface area contributed by atoms with Gasteiger partial charge in [0.1, 0.15) is 0 Å². The van der Waals surface area contributed by atoms with E-state index >= 15 is 0 Å². The third-order valence-corrected chi connectivity index (χ3v) is 5.74. The molecule has 2 unspecified atom stereocenters. The standard InChI is InChI=1S/C27H28N4O4/c1-2-7-23(32)30-22-13-11-21(12-14-22)25-24(26(33)29-17-20-10-6-15-28-16-20)31(27(34)35-25)18-19-8-4-3-5-9-19/h3-6,8-16,24-25H,2,7,17-18H2,1H3,(H,29,33)(H,30,32). The predicted molar refractivity (Wildman–Crippen MR) is 131 cm³/mol. The van der Waals surface area contributed by atoms with Crippen LogP contribution in [0.3, 0.4) is 0 Å². The molecule has 1 saturated heterocycles. The third-order valence-electron chi connectivity index (χ3n) is 5.74. The zero-order valence-corrected chi connectivity index (χ0v) is 19.5. The van der Waals surface area contributed by atoms with Gasteiger partial charge in [-0.25, -0.2) is 4.79 Å². The Morgan fingerprint density at radius 1 is 1.00 bits per heavy atom. The summed E-state index contributed by atoms with van der Waals surface area (Å²) in [4.78, 5) is 43.7. The number of amides is 3. The number of pyridine rings is 1. The minimum atomic E-state index is -0.861. The van der Waals surface area contributed by atoms with E-state index in [0.717, 1.165) is 17.5 Å². The number of anilines is 1. The van der Waals surface area contributed by atoms with Crippen LogP contribution in [0.15, 0.2) is 79.1 Å². The molecule has 3 amide bonds. The highest BCUT2D eigenvalue weighted by atomic mass is 16.6. The molecule has 1 fully saturated rings. The van der Waals surface area contributed by atoms with Crippen molar-refractivity contribution < 1.29 is 19.1 Å². The van der Waals surface area contributed by atoms with Crippen LogP contribution in [0.4, 0.5) is 10.5 Å². The van der Waals surface area contributed by atoms with Gasteiger partial charge < -0.3 is 15.4 Å². The lowest BCUT2D eigenvalue weighted by atomic mass is 10.00. The maximum atomic E-state index is 13.4. The summed E-state index contributed by atoms with van der Waals surface area (Å²) in [5.74, 6) is -0.379. The van der Waals surface area contributed by atoms with E-state index in [0.29, 0.717) is 17.7 Å². The van der Waals surface area contributed by atoms with Crippen LogP contribution in [-0.4, -0.2) is 33.8 Å². The van der Waals surface area contributed by atoms with Crippen molar-refractivity contribution in [1.29, 1.82) is 0 Å². The minimum Gasteiger partial charge on any atom is -0.438 e. The molecule has 3 aromatic rings. The molecule has 4 rings (SSSR count). The van der Waals surface area contributed by atoms with E-state index in [9.17, 15) is 14.4 Å². The number of hydrogen-bond acceptors (Lipinski definition) is 5. The first-order chi connectivity index (χ1) is 17.0. The zero-order chi connectivity index (χ0) is 24.6. The molecule has 0 bridgehead atoms. The number of carbonyl (C=O) groups excluding carboxylic acids is 3. The van der Waals surface area contributed by atoms with Crippen LogP contribution in [0.25, 0.3) is 0 Å². The second-order valence-electron chi connectivity index (χ2n) is 8.36. The summed E-state index contributed by atoms with van der Waals surface area (Å²) in [7, 11) is 0. The first-order valence-electron chi connectivity index (χ1n) is 11.6. The molecular formula is C27H28N4O4. The summed E-state index contributed by atoms with van der Waals surface area (Å²) < 4.78 is 5.70. The van der Waals surface area contributed by atoms with Gasteiger partial charge in [-0.15, -0.1) is 0 Å². The monoisotopic (exact) mass is 472 g/mol. The fourth-order valence-corrected chi connectivity index (χ4v) is 3.99. The van der Waals surface area contributed by atoms with Gasteiger partial charge in [0.2, 0.25) is 11.8 Å². The Morgan fingerprint density at radius 2 is 1.74 bits per heavy atom. The van der Waals surface area contributed by atoms with Gasteiger partial charge in [-0.3, -0.25) is 19.5 Å². The number of hydrogen-bond donors (Lipinski definition) is 2. The minimum absolute atomic E-state index is 0.0609. The Hall–Kier alpha value is -4.20. The van der Waals surface area contributed by atoms with Crippen LogP contribution in [0.1, 0.15) is 42.6 Å². The number of nitrogens with one attached hydrogen (secondary N) is 2. The summed E-state index contributed by atoms with van der Waals surface area (Å²) >= 11 is 0. The van der Waals surface area contributed by atoms with Crippen LogP contribution in [0.2, 0.25) is 0 Å². The third kappa shape index (κ3) is 6.03. The van der Waals surface area contributed by atoms with Gasteiger partial charge in [-0.2, -0.15) is 0 Å². The molecule has 1 aromatic heterocycles. The summed E-state index contributed by atoms with van der Waals surface area (Å²) in [6, 6.07) is 19.3. The number of ether oxygens (including phenoxy) is 1. The smallest absolute Gasteiger partial charge is 0.411 e. The molecule has 1 aliphatic rings. The normalized spacial score (nSPS) is 17.1.